The molecule has 7 rings (SSSR count). The van der Waals surface area contributed by atoms with Crippen LogP contribution in [-0.4, -0.2) is 38.0 Å². The molecule has 0 radical (unpaired) electrons. The third-order valence-corrected chi connectivity index (χ3v) is 7.36. The number of alkyl halides is 2. The first-order valence-corrected chi connectivity index (χ1v) is 10.3. The Hall–Kier alpha value is -3.21. The fraction of sp³-hybridized carbons (Fsp3) is 0.409. The average molecular weight is 462 g/mol. The van der Waals surface area contributed by atoms with Crippen molar-refractivity contribution >= 4 is 0 Å². The summed E-state index contributed by atoms with van der Waals surface area (Å²) in [5.74, 6) is -4.78. The molecule has 33 heavy (non-hydrogen) atoms. The maximum atomic E-state index is 16.2. The number of tetrazole rings is 1. The molecule has 3 saturated carbocycles. The SMILES string of the molecule is O[C@@](Cn1cnnn1)(c1ccc(F)cc1F)C(F)(F)C12CC(c3ccc4c(c3)OCO4)(C1)C2. The molecule has 11 heteroatoms. The Bertz CT molecular complexity index is 1230. The van der Waals surface area contributed by atoms with Gasteiger partial charge < -0.3 is 14.6 Å². The fourth-order valence-electron chi connectivity index (χ4n) is 5.76. The highest BCUT2D eigenvalue weighted by Gasteiger charge is 2.82. The van der Waals surface area contributed by atoms with E-state index in [1.54, 1.807) is 12.1 Å². The van der Waals surface area contributed by atoms with Crippen molar-refractivity contribution < 1.29 is 32.1 Å². The number of nitrogens with zero attached hydrogens (tertiary/aromatic N) is 4. The summed E-state index contributed by atoms with van der Waals surface area (Å²) < 4.78 is 72.1. The smallest absolute Gasteiger partial charge is 0.287 e. The Labute approximate surface area is 184 Å². The first kappa shape index (κ1) is 20.4. The van der Waals surface area contributed by atoms with Crippen LogP contribution in [0.1, 0.15) is 30.4 Å². The molecule has 1 atom stereocenters. The molecule has 0 saturated heterocycles. The quantitative estimate of drug-likeness (QED) is 0.566. The van der Waals surface area contributed by atoms with Crippen LogP contribution in [0.25, 0.3) is 0 Å². The lowest BCUT2D eigenvalue weighted by Gasteiger charge is -2.74. The van der Waals surface area contributed by atoms with Gasteiger partial charge in [-0.2, -0.15) is 0 Å². The minimum Gasteiger partial charge on any atom is -0.454 e. The van der Waals surface area contributed by atoms with Gasteiger partial charge in [0.1, 0.15) is 18.0 Å². The molecule has 1 N–H and O–H groups in total. The first-order valence-electron chi connectivity index (χ1n) is 10.3. The summed E-state index contributed by atoms with van der Waals surface area (Å²) in [6.07, 6.45) is 1.37. The normalized spacial score (nSPS) is 26.9. The van der Waals surface area contributed by atoms with Crippen LogP contribution in [0.2, 0.25) is 0 Å². The van der Waals surface area contributed by atoms with Crippen LogP contribution in [0.3, 0.4) is 0 Å². The number of fused-ring (bicyclic) bond motifs is 1. The minimum atomic E-state index is -3.76. The van der Waals surface area contributed by atoms with Gasteiger partial charge in [-0.05, 0) is 64.9 Å². The molecule has 3 aliphatic carbocycles. The van der Waals surface area contributed by atoms with E-state index in [9.17, 15) is 13.9 Å². The molecule has 172 valence electrons. The van der Waals surface area contributed by atoms with Crippen LogP contribution in [0.15, 0.2) is 42.7 Å². The molecule has 2 bridgehead atoms. The van der Waals surface area contributed by atoms with Gasteiger partial charge in [0.2, 0.25) is 6.79 Å². The molecular weight excluding hydrogens is 444 g/mol. The monoisotopic (exact) mass is 462 g/mol. The second-order valence-corrected chi connectivity index (χ2v) is 9.23. The molecule has 7 nitrogen and oxygen atoms in total. The summed E-state index contributed by atoms with van der Waals surface area (Å²) >= 11 is 0. The molecular formula is C22H18F4N4O3. The Balaban J connectivity index is 1.35. The lowest BCUT2D eigenvalue weighted by atomic mass is 9.30. The van der Waals surface area contributed by atoms with E-state index in [0.717, 1.165) is 28.7 Å². The number of hydrogen-bond donors (Lipinski definition) is 1. The van der Waals surface area contributed by atoms with E-state index in [1.807, 2.05) is 6.07 Å². The molecule has 2 aromatic carbocycles. The van der Waals surface area contributed by atoms with E-state index in [1.165, 1.54) is 0 Å². The van der Waals surface area contributed by atoms with E-state index >= 15 is 8.78 Å². The minimum absolute atomic E-state index is 0.105. The fourth-order valence-corrected chi connectivity index (χ4v) is 5.76. The zero-order valence-electron chi connectivity index (χ0n) is 17.1. The molecule has 0 amide bonds. The highest BCUT2D eigenvalue weighted by atomic mass is 19.3. The second kappa shape index (κ2) is 6.43. The molecule has 3 aromatic rings. The van der Waals surface area contributed by atoms with Crippen LogP contribution in [-0.2, 0) is 17.6 Å². The number of ether oxygens (including phenoxy) is 2. The average Bonchev–Trinajstić information content (AvgIpc) is 3.36. The zero-order valence-corrected chi connectivity index (χ0v) is 17.1. The Morgan fingerprint density at radius 2 is 1.79 bits per heavy atom. The van der Waals surface area contributed by atoms with Crippen LogP contribution in [0.5, 0.6) is 11.5 Å². The van der Waals surface area contributed by atoms with Crippen molar-refractivity contribution in [2.45, 2.75) is 42.7 Å². The number of benzene rings is 2. The molecule has 2 heterocycles. The molecule has 0 spiro atoms. The van der Waals surface area contributed by atoms with Crippen molar-refractivity contribution in [2.24, 2.45) is 5.41 Å². The predicted octanol–water partition coefficient (Wildman–Crippen LogP) is 3.33. The highest BCUT2D eigenvalue weighted by Crippen LogP contribution is 2.80. The molecule has 3 fully saturated rings. The Morgan fingerprint density at radius 1 is 1.03 bits per heavy atom. The highest BCUT2D eigenvalue weighted by molar-refractivity contribution is 5.51. The molecule has 4 aliphatic rings. The van der Waals surface area contributed by atoms with Gasteiger partial charge in [0, 0.05) is 17.0 Å². The first-order chi connectivity index (χ1) is 15.7. The standard InChI is InChI=1S/C22H18F4N4O3/c23-14-2-3-15(16(24)6-14)21(31,10-30-11-27-28-29-30)22(25,26)20-7-19(8-20,9-20)13-1-4-17-18(5-13)33-12-32-17/h1-6,11,31H,7-10,12H2/t19?,20?,21-/m0/s1. The van der Waals surface area contributed by atoms with E-state index in [2.05, 4.69) is 15.5 Å². The van der Waals surface area contributed by atoms with Crippen molar-refractivity contribution in [3.05, 3.63) is 65.5 Å². The van der Waals surface area contributed by atoms with Gasteiger partial charge in [0.15, 0.2) is 17.1 Å². The van der Waals surface area contributed by atoms with E-state index < -0.39 is 46.1 Å². The lowest BCUT2D eigenvalue weighted by molar-refractivity contribution is -0.347. The van der Waals surface area contributed by atoms with E-state index in [4.69, 9.17) is 9.47 Å². The van der Waals surface area contributed by atoms with E-state index in [0.29, 0.717) is 17.6 Å². The summed E-state index contributed by atoms with van der Waals surface area (Å²) in [6.45, 7) is -0.685. The topological polar surface area (TPSA) is 82.3 Å². The Kier molecular flexibility index (Phi) is 3.98. The van der Waals surface area contributed by atoms with Crippen molar-refractivity contribution in [3.63, 3.8) is 0 Å². The van der Waals surface area contributed by atoms with Crippen LogP contribution in [0, 0.1) is 17.0 Å². The van der Waals surface area contributed by atoms with Gasteiger partial charge in [-0.3, -0.25) is 0 Å². The predicted molar refractivity (Wildman–Crippen MR) is 104 cm³/mol. The van der Waals surface area contributed by atoms with Crippen molar-refractivity contribution in [2.75, 3.05) is 6.79 Å². The number of aliphatic hydroxyl groups is 1. The van der Waals surface area contributed by atoms with Gasteiger partial charge in [0.05, 0.1) is 6.54 Å². The molecule has 1 aliphatic heterocycles. The summed E-state index contributed by atoms with van der Waals surface area (Å²) in [7, 11) is 0. The van der Waals surface area contributed by atoms with Gasteiger partial charge in [-0.25, -0.2) is 22.2 Å². The third-order valence-electron chi connectivity index (χ3n) is 7.36. The van der Waals surface area contributed by atoms with Crippen molar-refractivity contribution in [3.8, 4) is 11.5 Å². The van der Waals surface area contributed by atoms with Crippen LogP contribution in [0.4, 0.5) is 17.6 Å². The number of rotatable bonds is 6. The van der Waals surface area contributed by atoms with E-state index in [-0.39, 0.29) is 26.1 Å². The van der Waals surface area contributed by atoms with Gasteiger partial charge in [-0.1, -0.05) is 6.07 Å². The maximum absolute atomic E-state index is 16.2. The lowest BCUT2D eigenvalue weighted by Crippen LogP contribution is -2.76. The number of halogens is 4. The van der Waals surface area contributed by atoms with Crippen molar-refractivity contribution in [1.82, 2.24) is 20.2 Å². The molecule has 1 aromatic heterocycles. The van der Waals surface area contributed by atoms with Gasteiger partial charge >= 0.3 is 0 Å². The summed E-state index contributed by atoms with van der Waals surface area (Å²) in [5.41, 5.74) is -4.86. The van der Waals surface area contributed by atoms with Gasteiger partial charge in [-0.15, -0.1) is 5.10 Å². The summed E-state index contributed by atoms with van der Waals surface area (Å²) in [5, 5.41) is 21.8. The summed E-state index contributed by atoms with van der Waals surface area (Å²) in [4.78, 5) is 0. The third kappa shape index (κ3) is 2.62. The molecule has 0 unspecified atom stereocenters. The second-order valence-electron chi connectivity index (χ2n) is 9.23. The van der Waals surface area contributed by atoms with Crippen LogP contribution < -0.4 is 9.47 Å². The Morgan fingerprint density at radius 3 is 2.48 bits per heavy atom. The van der Waals surface area contributed by atoms with Crippen molar-refractivity contribution in [1.29, 1.82) is 0 Å². The number of hydrogen-bond acceptors (Lipinski definition) is 6. The largest absolute Gasteiger partial charge is 0.454 e. The maximum Gasteiger partial charge on any atom is 0.287 e. The zero-order chi connectivity index (χ0) is 23.1. The number of aromatic nitrogens is 4. The van der Waals surface area contributed by atoms with Crippen LogP contribution >= 0.6 is 0 Å². The summed E-state index contributed by atoms with van der Waals surface area (Å²) in [6, 6.07) is 7.56. The van der Waals surface area contributed by atoms with Gasteiger partial charge in [0.25, 0.3) is 5.92 Å².